The van der Waals surface area contributed by atoms with E-state index >= 15 is 0 Å². The lowest BCUT2D eigenvalue weighted by atomic mass is 9.87. The number of rotatable bonds is 6. The van der Waals surface area contributed by atoms with Gasteiger partial charge in [-0.25, -0.2) is 4.98 Å². The van der Waals surface area contributed by atoms with Gasteiger partial charge in [0.1, 0.15) is 0 Å². The third-order valence-corrected chi connectivity index (χ3v) is 6.23. The SMILES string of the molecule is CN(C)c1cccc(-c2oc(-c3ccc(C(C)(C)C)cc3)nc2C(=O)NCc2ccccc2C(F)(F)F)c1. The molecule has 5 nitrogen and oxygen atoms in total. The maximum Gasteiger partial charge on any atom is 0.416 e. The maximum atomic E-state index is 13.4. The lowest BCUT2D eigenvalue weighted by molar-refractivity contribution is -0.138. The summed E-state index contributed by atoms with van der Waals surface area (Å²) in [6, 6.07) is 20.3. The monoisotopic (exact) mass is 521 g/mol. The number of carbonyl (C=O) groups is 1. The van der Waals surface area contributed by atoms with Crippen molar-refractivity contribution in [2.45, 2.75) is 38.9 Å². The highest BCUT2D eigenvalue weighted by Gasteiger charge is 2.33. The molecule has 0 aliphatic heterocycles. The molecular formula is C30H30F3N3O2. The Morgan fingerprint density at radius 2 is 1.61 bits per heavy atom. The van der Waals surface area contributed by atoms with Crippen LogP contribution in [0.1, 0.15) is 48.0 Å². The topological polar surface area (TPSA) is 58.4 Å². The highest BCUT2D eigenvalue weighted by atomic mass is 19.4. The molecule has 4 rings (SSSR count). The molecule has 1 amide bonds. The second kappa shape index (κ2) is 10.4. The highest BCUT2D eigenvalue weighted by molar-refractivity contribution is 5.98. The Labute approximate surface area is 220 Å². The minimum Gasteiger partial charge on any atom is -0.435 e. The molecule has 0 fully saturated rings. The van der Waals surface area contributed by atoms with E-state index in [0.717, 1.165) is 17.3 Å². The summed E-state index contributed by atoms with van der Waals surface area (Å²) in [5.41, 5.74) is 2.47. The molecule has 0 saturated carbocycles. The molecule has 38 heavy (non-hydrogen) atoms. The number of carbonyl (C=O) groups excluding carboxylic acids is 1. The predicted molar refractivity (Wildman–Crippen MR) is 143 cm³/mol. The Kier molecular flexibility index (Phi) is 7.35. The van der Waals surface area contributed by atoms with Gasteiger partial charge in [-0.15, -0.1) is 0 Å². The zero-order valence-corrected chi connectivity index (χ0v) is 22.0. The maximum absolute atomic E-state index is 13.4. The van der Waals surface area contributed by atoms with Gasteiger partial charge in [0.2, 0.25) is 5.89 Å². The lowest BCUT2D eigenvalue weighted by Gasteiger charge is -2.18. The average Bonchev–Trinajstić information content (AvgIpc) is 3.32. The van der Waals surface area contributed by atoms with Crippen LogP contribution < -0.4 is 10.2 Å². The van der Waals surface area contributed by atoms with Crippen molar-refractivity contribution in [3.05, 3.63) is 95.2 Å². The van der Waals surface area contributed by atoms with E-state index in [2.05, 4.69) is 31.1 Å². The van der Waals surface area contributed by atoms with Crippen LogP contribution in [0.4, 0.5) is 18.9 Å². The zero-order valence-electron chi connectivity index (χ0n) is 22.0. The normalized spacial score (nSPS) is 11.9. The second-order valence-corrected chi connectivity index (χ2v) is 10.3. The Morgan fingerprint density at radius 1 is 0.921 bits per heavy atom. The zero-order chi connectivity index (χ0) is 27.7. The number of amides is 1. The molecule has 3 aromatic carbocycles. The fourth-order valence-electron chi connectivity index (χ4n) is 4.04. The summed E-state index contributed by atoms with van der Waals surface area (Å²) in [6.07, 6.45) is -4.53. The molecule has 8 heteroatoms. The van der Waals surface area contributed by atoms with Crippen LogP contribution in [0.15, 0.2) is 77.2 Å². The van der Waals surface area contributed by atoms with E-state index in [1.165, 1.54) is 18.2 Å². The summed E-state index contributed by atoms with van der Waals surface area (Å²) in [5.74, 6) is -0.143. The first-order valence-electron chi connectivity index (χ1n) is 12.2. The van der Waals surface area contributed by atoms with Crippen LogP contribution in [0.25, 0.3) is 22.8 Å². The van der Waals surface area contributed by atoms with Crippen molar-refractivity contribution in [3.8, 4) is 22.8 Å². The van der Waals surface area contributed by atoms with E-state index in [1.54, 1.807) is 6.07 Å². The molecule has 0 aliphatic rings. The molecule has 0 bridgehead atoms. The molecule has 0 saturated heterocycles. The van der Waals surface area contributed by atoms with E-state index in [0.29, 0.717) is 11.1 Å². The van der Waals surface area contributed by atoms with E-state index in [4.69, 9.17) is 4.42 Å². The number of halogens is 3. The molecule has 1 heterocycles. The Morgan fingerprint density at radius 3 is 2.24 bits per heavy atom. The van der Waals surface area contributed by atoms with Crippen molar-refractivity contribution in [2.24, 2.45) is 0 Å². The van der Waals surface area contributed by atoms with Crippen LogP contribution in [0.2, 0.25) is 0 Å². The first kappa shape index (κ1) is 27.0. The van der Waals surface area contributed by atoms with E-state index in [-0.39, 0.29) is 34.9 Å². The molecule has 0 spiro atoms. The lowest BCUT2D eigenvalue weighted by Crippen LogP contribution is -2.25. The van der Waals surface area contributed by atoms with Crippen LogP contribution in [0.5, 0.6) is 0 Å². The van der Waals surface area contributed by atoms with Crippen molar-refractivity contribution in [1.29, 1.82) is 0 Å². The molecule has 0 atom stereocenters. The van der Waals surface area contributed by atoms with E-state index in [9.17, 15) is 18.0 Å². The van der Waals surface area contributed by atoms with E-state index < -0.39 is 17.6 Å². The molecule has 198 valence electrons. The van der Waals surface area contributed by atoms with Crippen molar-refractivity contribution >= 4 is 11.6 Å². The minimum atomic E-state index is -4.53. The fraction of sp³-hybridized carbons (Fsp3) is 0.267. The molecule has 0 unspecified atom stereocenters. The van der Waals surface area contributed by atoms with Gasteiger partial charge < -0.3 is 14.6 Å². The number of anilines is 1. The van der Waals surface area contributed by atoms with Gasteiger partial charge in [-0.3, -0.25) is 4.79 Å². The van der Waals surface area contributed by atoms with Crippen molar-refractivity contribution in [2.75, 3.05) is 19.0 Å². The van der Waals surface area contributed by atoms with Gasteiger partial charge in [-0.2, -0.15) is 13.2 Å². The minimum absolute atomic E-state index is 0.000272. The van der Waals surface area contributed by atoms with Crippen LogP contribution in [0.3, 0.4) is 0 Å². The number of alkyl halides is 3. The van der Waals surface area contributed by atoms with Crippen molar-refractivity contribution in [1.82, 2.24) is 10.3 Å². The van der Waals surface area contributed by atoms with Crippen LogP contribution >= 0.6 is 0 Å². The average molecular weight is 522 g/mol. The Bertz CT molecular complexity index is 1430. The van der Waals surface area contributed by atoms with Gasteiger partial charge in [0.25, 0.3) is 5.91 Å². The van der Waals surface area contributed by atoms with Gasteiger partial charge in [0.05, 0.1) is 5.56 Å². The Hall–Kier alpha value is -4.07. The molecule has 1 aromatic heterocycles. The van der Waals surface area contributed by atoms with Gasteiger partial charge in [0.15, 0.2) is 11.5 Å². The molecule has 1 N–H and O–H groups in total. The highest BCUT2D eigenvalue weighted by Crippen LogP contribution is 2.34. The predicted octanol–water partition coefficient (Wildman–Crippen LogP) is 7.32. The smallest absolute Gasteiger partial charge is 0.416 e. The third-order valence-electron chi connectivity index (χ3n) is 6.23. The molecule has 4 aromatic rings. The molecule has 0 aliphatic carbocycles. The number of nitrogens with one attached hydrogen (secondary N) is 1. The summed E-state index contributed by atoms with van der Waals surface area (Å²) in [7, 11) is 3.79. The number of oxazole rings is 1. The van der Waals surface area contributed by atoms with Crippen molar-refractivity contribution < 1.29 is 22.4 Å². The summed E-state index contributed by atoms with van der Waals surface area (Å²) in [5, 5.41) is 2.60. The standard InChI is InChI=1S/C30H30F3N3O2/c1-29(2,3)22-15-13-19(14-16-22)28-35-25(26(38-28)20-10-8-11-23(17-20)36(4)5)27(37)34-18-21-9-6-7-12-24(21)30(31,32)33/h6-17H,18H2,1-5H3,(H,34,37). The fourth-order valence-corrected chi connectivity index (χ4v) is 4.04. The Balaban J connectivity index is 1.72. The summed E-state index contributed by atoms with van der Waals surface area (Å²) in [4.78, 5) is 19.7. The summed E-state index contributed by atoms with van der Waals surface area (Å²) < 4.78 is 46.4. The second-order valence-electron chi connectivity index (χ2n) is 10.3. The third kappa shape index (κ3) is 5.90. The van der Waals surface area contributed by atoms with Gasteiger partial charge >= 0.3 is 6.18 Å². The quantitative estimate of drug-likeness (QED) is 0.289. The van der Waals surface area contributed by atoms with Crippen LogP contribution in [0, 0.1) is 0 Å². The van der Waals surface area contributed by atoms with Crippen molar-refractivity contribution in [3.63, 3.8) is 0 Å². The number of benzene rings is 3. The van der Waals surface area contributed by atoms with E-state index in [1.807, 2.05) is 61.5 Å². The van der Waals surface area contributed by atoms with Gasteiger partial charge in [-0.05, 0) is 46.9 Å². The first-order valence-corrected chi connectivity index (χ1v) is 12.2. The van der Waals surface area contributed by atoms with Gasteiger partial charge in [0, 0.05) is 37.5 Å². The first-order chi connectivity index (χ1) is 17.8. The van der Waals surface area contributed by atoms with Crippen LogP contribution in [-0.4, -0.2) is 25.0 Å². The largest absolute Gasteiger partial charge is 0.435 e. The summed E-state index contributed by atoms with van der Waals surface area (Å²) in [6.45, 7) is 6.03. The summed E-state index contributed by atoms with van der Waals surface area (Å²) >= 11 is 0. The molecular weight excluding hydrogens is 491 g/mol. The number of hydrogen-bond donors (Lipinski definition) is 1. The molecule has 0 radical (unpaired) electrons. The van der Waals surface area contributed by atoms with Gasteiger partial charge in [-0.1, -0.05) is 63.2 Å². The van der Waals surface area contributed by atoms with Crippen LogP contribution in [-0.2, 0) is 18.1 Å². The number of nitrogens with zero attached hydrogens (tertiary/aromatic N) is 2. The number of aromatic nitrogens is 1. The number of hydrogen-bond acceptors (Lipinski definition) is 4.